The Bertz CT molecular complexity index is 167. The van der Waals surface area contributed by atoms with Crippen LogP contribution >= 0.6 is 11.8 Å². The molecule has 0 aromatic carbocycles. The van der Waals surface area contributed by atoms with Crippen LogP contribution in [0.3, 0.4) is 0 Å². The Hall–Kier alpha value is -0.220. The predicted octanol–water partition coefficient (Wildman–Crippen LogP) is 0.627. The Kier molecular flexibility index (Phi) is 4.59. The quantitative estimate of drug-likeness (QED) is 0.704. The molecule has 1 fully saturated rings. The van der Waals surface area contributed by atoms with Crippen LogP contribution in [0.4, 0.5) is 0 Å². The first-order valence-electron chi connectivity index (χ1n) is 4.73. The van der Waals surface area contributed by atoms with E-state index in [-0.39, 0.29) is 17.9 Å². The van der Waals surface area contributed by atoms with Gasteiger partial charge in [-0.1, -0.05) is 0 Å². The third-order valence-corrected chi connectivity index (χ3v) is 3.32. The van der Waals surface area contributed by atoms with Crippen molar-refractivity contribution in [2.75, 3.05) is 18.1 Å². The van der Waals surface area contributed by atoms with Crippen molar-refractivity contribution in [3.63, 3.8) is 0 Å². The summed E-state index contributed by atoms with van der Waals surface area (Å²) in [5.41, 5.74) is 0. The lowest BCUT2D eigenvalue weighted by molar-refractivity contribution is -0.124. The summed E-state index contributed by atoms with van der Waals surface area (Å²) in [5.74, 6) is 2.43. The maximum Gasteiger partial charge on any atom is 0.223 e. The van der Waals surface area contributed by atoms with E-state index >= 15 is 0 Å². The first kappa shape index (κ1) is 10.9. The van der Waals surface area contributed by atoms with Gasteiger partial charge in [0.05, 0.1) is 6.10 Å². The molecule has 4 heteroatoms. The Morgan fingerprint density at radius 3 is 3.08 bits per heavy atom. The van der Waals surface area contributed by atoms with Gasteiger partial charge in [0, 0.05) is 18.2 Å². The first-order chi connectivity index (χ1) is 6.20. The second-order valence-electron chi connectivity index (χ2n) is 3.49. The highest BCUT2D eigenvalue weighted by atomic mass is 32.2. The second-order valence-corrected chi connectivity index (χ2v) is 4.64. The molecule has 2 unspecified atom stereocenters. The molecule has 0 spiro atoms. The summed E-state index contributed by atoms with van der Waals surface area (Å²) in [4.78, 5) is 11.4. The lowest BCUT2D eigenvalue weighted by Gasteiger charge is -2.10. The molecule has 1 aliphatic rings. The van der Waals surface area contributed by atoms with Crippen molar-refractivity contribution in [2.24, 2.45) is 5.92 Å². The topological polar surface area (TPSA) is 49.3 Å². The number of rotatable bonds is 4. The molecule has 1 amide bonds. The number of nitrogens with one attached hydrogen (secondary N) is 1. The predicted molar refractivity (Wildman–Crippen MR) is 54.7 cm³/mol. The van der Waals surface area contributed by atoms with Crippen molar-refractivity contribution >= 4 is 17.7 Å². The van der Waals surface area contributed by atoms with E-state index in [1.165, 1.54) is 0 Å². The largest absolute Gasteiger partial charge is 0.393 e. The van der Waals surface area contributed by atoms with Crippen LogP contribution in [-0.2, 0) is 4.79 Å². The van der Waals surface area contributed by atoms with Crippen molar-refractivity contribution < 1.29 is 9.90 Å². The average molecular weight is 203 g/mol. The molecule has 0 radical (unpaired) electrons. The van der Waals surface area contributed by atoms with E-state index in [1.54, 1.807) is 6.92 Å². The van der Waals surface area contributed by atoms with Crippen molar-refractivity contribution in [2.45, 2.75) is 25.9 Å². The number of aliphatic hydroxyl groups excluding tert-OH is 1. The van der Waals surface area contributed by atoms with E-state index in [2.05, 4.69) is 5.32 Å². The molecule has 76 valence electrons. The number of carbonyl (C=O) groups is 1. The van der Waals surface area contributed by atoms with Crippen molar-refractivity contribution in [3.05, 3.63) is 0 Å². The average Bonchev–Trinajstić information content (AvgIpc) is 2.55. The lowest BCUT2D eigenvalue weighted by Crippen LogP contribution is -2.32. The zero-order valence-electron chi connectivity index (χ0n) is 7.95. The normalized spacial score (nSPS) is 24.3. The van der Waals surface area contributed by atoms with Crippen molar-refractivity contribution in [1.82, 2.24) is 5.32 Å². The van der Waals surface area contributed by atoms with E-state index in [9.17, 15) is 4.79 Å². The molecule has 0 aromatic rings. The number of carbonyl (C=O) groups excluding carboxylic acids is 1. The van der Waals surface area contributed by atoms with E-state index in [4.69, 9.17) is 5.11 Å². The molecule has 3 nitrogen and oxygen atoms in total. The van der Waals surface area contributed by atoms with Gasteiger partial charge in [0.1, 0.15) is 0 Å². The molecule has 13 heavy (non-hydrogen) atoms. The Labute approximate surface area is 83.3 Å². The van der Waals surface area contributed by atoms with Crippen molar-refractivity contribution in [1.29, 1.82) is 0 Å². The lowest BCUT2D eigenvalue weighted by atomic mass is 10.1. The van der Waals surface area contributed by atoms with Crippen LogP contribution in [0.25, 0.3) is 0 Å². The number of aliphatic hydroxyl groups is 1. The first-order valence-corrected chi connectivity index (χ1v) is 5.89. The summed E-state index contributed by atoms with van der Waals surface area (Å²) in [6, 6.07) is 0. The summed E-state index contributed by atoms with van der Waals surface area (Å²) in [7, 11) is 0. The zero-order valence-corrected chi connectivity index (χ0v) is 8.77. The summed E-state index contributed by atoms with van der Waals surface area (Å²) < 4.78 is 0. The van der Waals surface area contributed by atoms with E-state index in [0.717, 1.165) is 17.9 Å². The Morgan fingerprint density at radius 1 is 1.77 bits per heavy atom. The van der Waals surface area contributed by atoms with Gasteiger partial charge >= 0.3 is 0 Å². The second kappa shape index (κ2) is 5.50. The summed E-state index contributed by atoms with van der Waals surface area (Å²) in [6.07, 6.45) is 1.33. The summed E-state index contributed by atoms with van der Waals surface area (Å²) in [6.45, 7) is 2.33. The van der Waals surface area contributed by atoms with Gasteiger partial charge in [0.15, 0.2) is 0 Å². The smallest absolute Gasteiger partial charge is 0.223 e. The Balaban J connectivity index is 2.10. The third-order valence-electron chi connectivity index (χ3n) is 2.16. The SMILES string of the molecule is CC(O)CCNC(=O)C1CCSC1. The summed E-state index contributed by atoms with van der Waals surface area (Å²) >= 11 is 1.84. The fraction of sp³-hybridized carbons (Fsp3) is 0.889. The molecule has 1 heterocycles. The maximum atomic E-state index is 11.4. The number of hydrogen-bond donors (Lipinski definition) is 2. The molecule has 0 aliphatic carbocycles. The molecule has 2 atom stereocenters. The molecular weight excluding hydrogens is 186 g/mol. The minimum atomic E-state index is -0.321. The highest BCUT2D eigenvalue weighted by molar-refractivity contribution is 7.99. The molecule has 0 bridgehead atoms. The van der Waals surface area contributed by atoms with Gasteiger partial charge in [-0.2, -0.15) is 11.8 Å². The van der Waals surface area contributed by atoms with Crippen LogP contribution in [0, 0.1) is 5.92 Å². The molecule has 1 saturated heterocycles. The van der Waals surface area contributed by atoms with Gasteiger partial charge in [0.25, 0.3) is 0 Å². The highest BCUT2D eigenvalue weighted by Crippen LogP contribution is 2.23. The van der Waals surface area contributed by atoms with E-state index in [1.807, 2.05) is 11.8 Å². The highest BCUT2D eigenvalue weighted by Gasteiger charge is 2.22. The van der Waals surface area contributed by atoms with Gasteiger partial charge in [-0.05, 0) is 25.5 Å². The fourth-order valence-corrected chi connectivity index (χ4v) is 2.51. The van der Waals surface area contributed by atoms with Gasteiger partial charge < -0.3 is 10.4 Å². The molecule has 0 aromatic heterocycles. The van der Waals surface area contributed by atoms with E-state index < -0.39 is 0 Å². The fourth-order valence-electron chi connectivity index (χ4n) is 1.29. The van der Waals surface area contributed by atoms with Crippen LogP contribution in [0.15, 0.2) is 0 Å². The van der Waals surface area contributed by atoms with Gasteiger partial charge in [0.2, 0.25) is 5.91 Å². The minimum Gasteiger partial charge on any atom is -0.393 e. The summed E-state index contributed by atoms with van der Waals surface area (Å²) in [5, 5.41) is 11.8. The molecule has 0 saturated carbocycles. The molecule has 1 aliphatic heterocycles. The molecule has 2 N–H and O–H groups in total. The number of amides is 1. The monoisotopic (exact) mass is 203 g/mol. The van der Waals surface area contributed by atoms with E-state index in [0.29, 0.717) is 13.0 Å². The third kappa shape index (κ3) is 4.00. The van der Waals surface area contributed by atoms with Crippen LogP contribution < -0.4 is 5.32 Å². The van der Waals surface area contributed by atoms with Crippen LogP contribution in [0.2, 0.25) is 0 Å². The van der Waals surface area contributed by atoms with Gasteiger partial charge in [-0.25, -0.2) is 0 Å². The number of hydrogen-bond acceptors (Lipinski definition) is 3. The van der Waals surface area contributed by atoms with Crippen LogP contribution in [0.1, 0.15) is 19.8 Å². The molecular formula is C9H17NO2S. The maximum absolute atomic E-state index is 11.4. The van der Waals surface area contributed by atoms with Gasteiger partial charge in [-0.3, -0.25) is 4.79 Å². The van der Waals surface area contributed by atoms with Crippen LogP contribution in [-0.4, -0.2) is 35.2 Å². The zero-order chi connectivity index (χ0) is 9.68. The Morgan fingerprint density at radius 2 is 2.54 bits per heavy atom. The standard InChI is InChI=1S/C9H17NO2S/c1-7(11)2-4-10-9(12)8-3-5-13-6-8/h7-8,11H,2-6H2,1H3,(H,10,12). The molecule has 1 rings (SSSR count). The van der Waals surface area contributed by atoms with Gasteiger partial charge in [-0.15, -0.1) is 0 Å². The minimum absolute atomic E-state index is 0.158. The van der Waals surface area contributed by atoms with Crippen molar-refractivity contribution in [3.8, 4) is 0 Å². The number of thioether (sulfide) groups is 1. The van der Waals surface area contributed by atoms with Crippen LogP contribution in [0.5, 0.6) is 0 Å².